The van der Waals surface area contributed by atoms with Gasteiger partial charge in [-0.15, -0.1) is 0 Å². The molecule has 1 aliphatic heterocycles. The Hall–Kier alpha value is -2.31. The second kappa shape index (κ2) is 14.9. The monoisotopic (exact) mass is 508 g/mol. The third kappa shape index (κ3) is 11.3. The van der Waals surface area contributed by atoms with Crippen molar-refractivity contribution in [2.45, 2.75) is 19.4 Å². The van der Waals surface area contributed by atoms with Crippen LogP contribution < -0.4 is 10.6 Å². The van der Waals surface area contributed by atoms with Gasteiger partial charge in [-0.3, -0.25) is 19.4 Å². The summed E-state index contributed by atoms with van der Waals surface area (Å²) in [5.74, 6) is -1.75. The van der Waals surface area contributed by atoms with Crippen LogP contribution in [0.1, 0.15) is 12.5 Å². The SMILES string of the molecule is CCNC(=S)Nc1ccc(CC2CN(CC(=O)O)CCN(CC(=O)O)CCN(C)CCN2C)cc1. The topological polar surface area (TPSA) is 112 Å². The normalized spacial score (nSPS) is 19.9. The number of anilines is 1. The lowest BCUT2D eigenvalue weighted by Crippen LogP contribution is -2.50. The van der Waals surface area contributed by atoms with Crippen molar-refractivity contribution in [1.29, 1.82) is 0 Å². The fourth-order valence-corrected chi connectivity index (χ4v) is 4.36. The molecule has 35 heavy (non-hydrogen) atoms. The van der Waals surface area contributed by atoms with Crippen LogP contribution in [0, 0.1) is 0 Å². The first-order chi connectivity index (χ1) is 16.7. The number of rotatable bonds is 8. The molecule has 11 heteroatoms. The van der Waals surface area contributed by atoms with Gasteiger partial charge in [-0.25, -0.2) is 0 Å². The second-order valence-corrected chi connectivity index (χ2v) is 9.53. The van der Waals surface area contributed by atoms with Crippen molar-refractivity contribution >= 4 is 35.0 Å². The number of nitrogens with zero attached hydrogens (tertiary/aromatic N) is 4. The summed E-state index contributed by atoms with van der Waals surface area (Å²) in [6, 6.07) is 8.26. The van der Waals surface area contributed by atoms with Crippen LogP contribution in [0.5, 0.6) is 0 Å². The number of thiocarbonyl (C=S) groups is 1. The molecule has 0 aliphatic carbocycles. The summed E-state index contributed by atoms with van der Waals surface area (Å²) in [5.41, 5.74) is 2.07. The standard InChI is InChI=1S/C24H40N6O4S/c1-4-25-24(35)26-20-7-5-19(6-8-20)15-21-16-30(18-23(33)34)14-13-29(17-22(31)32)12-10-27(2)9-11-28(21)3/h5-8,21H,4,9-18H2,1-3H3,(H,31,32)(H,33,34)(H2,25,26,35). The molecule has 0 amide bonds. The molecule has 1 atom stereocenters. The van der Waals surface area contributed by atoms with Crippen LogP contribution in [0.4, 0.5) is 5.69 Å². The summed E-state index contributed by atoms with van der Waals surface area (Å²) in [5, 5.41) is 25.6. The molecule has 4 N–H and O–H groups in total. The number of hydrogen-bond acceptors (Lipinski definition) is 7. The van der Waals surface area contributed by atoms with E-state index in [9.17, 15) is 19.8 Å². The molecule has 1 aromatic rings. The molecule has 0 radical (unpaired) electrons. The van der Waals surface area contributed by atoms with Crippen LogP contribution >= 0.6 is 12.2 Å². The molecular formula is C24H40N6O4S. The largest absolute Gasteiger partial charge is 0.480 e. The van der Waals surface area contributed by atoms with E-state index in [1.54, 1.807) is 0 Å². The first-order valence-corrected chi connectivity index (χ1v) is 12.5. The van der Waals surface area contributed by atoms with Crippen LogP contribution in [0.2, 0.25) is 0 Å². The summed E-state index contributed by atoms with van der Waals surface area (Å²) in [7, 11) is 4.14. The zero-order valence-corrected chi connectivity index (χ0v) is 21.9. The number of carboxylic acid groups (broad SMARTS) is 2. The molecule has 0 saturated carbocycles. The predicted octanol–water partition coefficient (Wildman–Crippen LogP) is 0.554. The van der Waals surface area contributed by atoms with Gasteiger partial charge in [0.2, 0.25) is 0 Å². The zero-order valence-electron chi connectivity index (χ0n) is 21.1. The van der Waals surface area contributed by atoms with E-state index in [0.717, 1.165) is 43.9 Å². The molecule has 1 aliphatic rings. The molecule has 0 aromatic heterocycles. The first kappa shape index (κ1) is 28.9. The summed E-state index contributed by atoms with van der Waals surface area (Å²) in [4.78, 5) is 31.2. The van der Waals surface area contributed by atoms with E-state index in [-0.39, 0.29) is 19.1 Å². The Morgan fingerprint density at radius 2 is 1.51 bits per heavy atom. The minimum absolute atomic E-state index is 0.0460. The predicted molar refractivity (Wildman–Crippen MR) is 142 cm³/mol. The second-order valence-electron chi connectivity index (χ2n) is 9.12. The van der Waals surface area contributed by atoms with Gasteiger partial charge in [0.05, 0.1) is 13.1 Å². The lowest BCUT2D eigenvalue weighted by atomic mass is 10.0. The molecule has 10 nitrogen and oxygen atoms in total. The molecule has 1 fully saturated rings. The van der Waals surface area contributed by atoms with E-state index in [1.807, 2.05) is 35.9 Å². The maximum Gasteiger partial charge on any atom is 0.317 e. The van der Waals surface area contributed by atoms with Crippen LogP contribution in [0.15, 0.2) is 24.3 Å². The zero-order chi connectivity index (χ0) is 25.8. The molecular weight excluding hydrogens is 468 g/mol. The van der Waals surface area contributed by atoms with E-state index in [0.29, 0.717) is 31.3 Å². The van der Waals surface area contributed by atoms with Gasteiger partial charge in [-0.05, 0) is 57.4 Å². The molecule has 1 saturated heterocycles. The Labute approximate surface area is 213 Å². The lowest BCUT2D eigenvalue weighted by molar-refractivity contribution is -0.140. The van der Waals surface area contributed by atoms with Crippen molar-refractivity contribution < 1.29 is 19.8 Å². The number of carbonyl (C=O) groups is 2. The number of aliphatic carboxylic acids is 2. The Morgan fingerprint density at radius 1 is 0.943 bits per heavy atom. The minimum atomic E-state index is -0.880. The van der Waals surface area contributed by atoms with E-state index < -0.39 is 11.9 Å². The molecule has 2 rings (SSSR count). The third-order valence-electron chi connectivity index (χ3n) is 6.20. The van der Waals surface area contributed by atoms with Crippen molar-refractivity contribution in [3.05, 3.63) is 29.8 Å². The molecule has 1 unspecified atom stereocenters. The molecule has 0 spiro atoms. The maximum absolute atomic E-state index is 11.6. The maximum atomic E-state index is 11.6. The Bertz CT molecular complexity index is 825. The van der Waals surface area contributed by atoms with E-state index >= 15 is 0 Å². The molecule has 1 heterocycles. The highest BCUT2D eigenvalue weighted by Gasteiger charge is 2.23. The van der Waals surface area contributed by atoms with Crippen LogP contribution in [-0.2, 0) is 16.0 Å². The van der Waals surface area contributed by atoms with Gasteiger partial charge in [0.15, 0.2) is 5.11 Å². The van der Waals surface area contributed by atoms with Crippen molar-refractivity contribution in [2.75, 3.05) is 84.9 Å². The van der Waals surface area contributed by atoms with Crippen LogP contribution in [0.25, 0.3) is 0 Å². The van der Waals surface area contributed by atoms with Gasteiger partial charge in [-0.1, -0.05) is 12.1 Å². The molecule has 1 aromatic carbocycles. The number of carboxylic acids is 2. The van der Waals surface area contributed by atoms with E-state index in [1.165, 1.54) is 0 Å². The fourth-order valence-electron chi connectivity index (χ4n) is 4.10. The van der Waals surface area contributed by atoms with Gasteiger partial charge in [-0.2, -0.15) is 0 Å². The van der Waals surface area contributed by atoms with Gasteiger partial charge in [0.1, 0.15) is 0 Å². The van der Waals surface area contributed by atoms with Gasteiger partial charge >= 0.3 is 11.9 Å². The number of benzene rings is 1. The third-order valence-corrected chi connectivity index (χ3v) is 6.44. The summed E-state index contributed by atoms with van der Waals surface area (Å²) < 4.78 is 0. The quantitative estimate of drug-likeness (QED) is 0.370. The summed E-state index contributed by atoms with van der Waals surface area (Å²) in [6.45, 7) is 7.29. The van der Waals surface area contributed by atoms with Crippen molar-refractivity contribution in [2.24, 2.45) is 0 Å². The Kier molecular flexibility index (Phi) is 12.4. The Balaban J connectivity index is 2.15. The Morgan fingerprint density at radius 3 is 2.14 bits per heavy atom. The first-order valence-electron chi connectivity index (χ1n) is 12.1. The van der Waals surface area contributed by atoms with Gasteiger partial charge in [0.25, 0.3) is 0 Å². The van der Waals surface area contributed by atoms with E-state index in [4.69, 9.17) is 12.2 Å². The van der Waals surface area contributed by atoms with Crippen molar-refractivity contribution in [1.82, 2.24) is 24.9 Å². The van der Waals surface area contributed by atoms with Crippen molar-refractivity contribution in [3.63, 3.8) is 0 Å². The summed E-state index contributed by atoms with van der Waals surface area (Å²) in [6.07, 6.45) is 0.771. The van der Waals surface area contributed by atoms with E-state index in [2.05, 4.69) is 39.6 Å². The number of likely N-dealkylation sites (N-methyl/N-ethyl adjacent to an activating group) is 2. The van der Waals surface area contributed by atoms with Crippen molar-refractivity contribution in [3.8, 4) is 0 Å². The highest BCUT2D eigenvalue weighted by molar-refractivity contribution is 7.80. The summed E-state index contributed by atoms with van der Waals surface area (Å²) >= 11 is 5.25. The fraction of sp³-hybridized carbons (Fsp3) is 0.625. The lowest BCUT2D eigenvalue weighted by Gasteiger charge is -2.36. The molecule has 0 bridgehead atoms. The van der Waals surface area contributed by atoms with Gasteiger partial charge < -0.3 is 30.6 Å². The van der Waals surface area contributed by atoms with Crippen LogP contribution in [-0.4, -0.2) is 132 Å². The highest BCUT2D eigenvalue weighted by Crippen LogP contribution is 2.15. The minimum Gasteiger partial charge on any atom is -0.480 e. The van der Waals surface area contributed by atoms with Crippen LogP contribution in [0.3, 0.4) is 0 Å². The number of hydrogen-bond donors (Lipinski definition) is 4. The average molecular weight is 509 g/mol. The highest BCUT2D eigenvalue weighted by atomic mass is 32.1. The smallest absolute Gasteiger partial charge is 0.317 e. The average Bonchev–Trinajstić information content (AvgIpc) is 2.78. The number of nitrogens with one attached hydrogen (secondary N) is 2. The molecule has 196 valence electrons. The van der Waals surface area contributed by atoms with Gasteiger partial charge in [0, 0.05) is 64.1 Å².